The van der Waals surface area contributed by atoms with Gasteiger partial charge in [0, 0.05) is 6.04 Å². The Morgan fingerprint density at radius 2 is 1.74 bits per heavy atom. The Kier molecular flexibility index (Phi) is 6.18. The molecule has 0 radical (unpaired) electrons. The highest BCUT2D eigenvalue weighted by atomic mass is 35.5. The van der Waals surface area contributed by atoms with Gasteiger partial charge in [-0.2, -0.15) is 5.26 Å². The lowest BCUT2D eigenvalue weighted by atomic mass is 9.95. The number of hydrogen-bond donors (Lipinski definition) is 1. The largest absolute Gasteiger partial charge is 0.381 e. The zero-order valence-electron chi connectivity index (χ0n) is 12.2. The number of benzene rings is 1. The minimum absolute atomic E-state index is 0.422. The minimum atomic E-state index is 0.422. The number of nitrogens with zero attached hydrogens (tertiary/aromatic N) is 1. The van der Waals surface area contributed by atoms with Crippen LogP contribution < -0.4 is 5.32 Å². The van der Waals surface area contributed by atoms with Crippen molar-refractivity contribution in [3.05, 3.63) is 28.8 Å². The van der Waals surface area contributed by atoms with Crippen molar-refractivity contribution in [3.8, 4) is 6.07 Å². The van der Waals surface area contributed by atoms with Gasteiger partial charge in [0.25, 0.3) is 0 Å². The molecule has 1 aromatic rings. The van der Waals surface area contributed by atoms with Gasteiger partial charge >= 0.3 is 0 Å². The molecule has 0 saturated heterocycles. The van der Waals surface area contributed by atoms with Crippen molar-refractivity contribution in [3.63, 3.8) is 0 Å². The Hall–Kier alpha value is -1.20. The van der Waals surface area contributed by atoms with Crippen molar-refractivity contribution in [1.29, 1.82) is 5.26 Å². The molecule has 0 fully saturated rings. The fourth-order valence-corrected chi connectivity index (χ4v) is 2.51. The van der Waals surface area contributed by atoms with E-state index in [9.17, 15) is 0 Å². The monoisotopic (exact) mass is 278 g/mol. The smallest absolute Gasteiger partial charge is 0.0992 e. The average Bonchev–Trinajstić information content (AvgIpc) is 2.30. The van der Waals surface area contributed by atoms with Gasteiger partial charge in [-0.25, -0.2) is 0 Å². The maximum absolute atomic E-state index is 8.84. The summed E-state index contributed by atoms with van der Waals surface area (Å²) in [6, 6.07) is 7.94. The first-order valence-corrected chi connectivity index (χ1v) is 7.26. The van der Waals surface area contributed by atoms with Crippen LogP contribution >= 0.6 is 11.6 Å². The maximum atomic E-state index is 8.84. The molecule has 0 amide bonds. The van der Waals surface area contributed by atoms with E-state index in [2.05, 4.69) is 39.1 Å². The molecule has 0 bridgehead atoms. The van der Waals surface area contributed by atoms with Crippen LogP contribution in [0.1, 0.15) is 46.1 Å². The van der Waals surface area contributed by atoms with Crippen LogP contribution in [0.15, 0.2) is 18.2 Å². The normalized spacial score (nSPS) is 11.1. The average molecular weight is 279 g/mol. The summed E-state index contributed by atoms with van der Waals surface area (Å²) in [7, 11) is 0. The Labute approximate surface area is 121 Å². The summed E-state index contributed by atoms with van der Waals surface area (Å²) in [5.41, 5.74) is 1.52. The topological polar surface area (TPSA) is 35.8 Å². The van der Waals surface area contributed by atoms with Gasteiger partial charge in [0.15, 0.2) is 0 Å². The van der Waals surface area contributed by atoms with E-state index in [1.165, 1.54) is 0 Å². The lowest BCUT2D eigenvalue weighted by Crippen LogP contribution is -2.23. The van der Waals surface area contributed by atoms with Gasteiger partial charge in [-0.1, -0.05) is 39.3 Å². The highest BCUT2D eigenvalue weighted by Gasteiger charge is 2.14. The predicted octanol–water partition coefficient (Wildman–Crippen LogP) is 5.08. The second kappa shape index (κ2) is 7.40. The van der Waals surface area contributed by atoms with Crippen molar-refractivity contribution in [2.75, 3.05) is 5.32 Å². The second-order valence-electron chi connectivity index (χ2n) is 5.91. The number of nitrogens with one attached hydrogen (secondary N) is 1. The van der Waals surface area contributed by atoms with Crippen molar-refractivity contribution in [2.45, 2.75) is 46.6 Å². The van der Waals surface area contributed by atoms with Gasteiger partial charge < -0.3 is 5.32 Å². The minimum Gasteiger partial charge on any atom is -0.381 e. The van der Waals surface area contributed by atoms with Crippen molar-refractivity contribution >= 4 is 17.3 Å². The molecule has 0 aliphatic heterocycles. The van der Waals surface area contributed by atoms with E-state index in [4.69, 9.17) is 16.9 Å². The molecule has 19 heavy (non-hydrogen) atoms. The molecule has 1 rings (SSSR count). The Bertz CT molecular complexity index is 437. The molecule has 0 aliphatic rings. The van der Waals surface area contributed by atoms with Crippen LogP contribution in [-0.2, 0) is 0 Å². The highest BCUT2D eigenvalue weighted by molar-refractivity contribution is 6.33. The van der Waals surface area contributed by atoms with Crippen LogP contribution in [0.25, 0.3) is 0 Å². The van der Waals surface area contributed by atoms with Crippen LogP contribution in [-0.4, -0.2) is 6.04 Å². The lowest BCUT2D eigenvalue weighted by molar-refractivity contribution is 0.442. The number of rotatable bonds is 6. The Morgan fingerprint density at radius 1 is 1.16 bits per heavy atom. The third-order valence-electron chi connectivity index (χ3n) is 2.97. The summed E-state index contributed by atoms with van der Waals surface area (Å²) in [4.78, 5) is 0. The lowest BCUT2D eigenvalue weighted by Gasteiger charge is -2.24. The van der Waals surface area contributed by atoms with Crippen molar-refractivity contribution in [1.82, 2.24) is 0 Å². The zero-order valence-corrected chi connectivity index (χ0v) is 13.0. The first-order chi connectivity index (χ1) is 8.92. The van der Waals surface area contributed by atoms with Gasteiger partial charge in [0.05, 0.1) is 22.3 Å². The van der Waals surface area contributed by atoms with E-state index >= 15 is 0 Å². The molecule has 1 aromatic carbocycles. The van der Waals surface area contributed by atoms with Gasteiger partial charge in [-0.05, 0) is 42.9 Å². The van der Waals surface area contributed by atoms with E-state index in [1.54, 1.807) is 12.1 Å². The summed E-state index contributed by atoms with van der Waals surface area (Å²) in [6.07, 6.45) is 2.24. The molecule has 0 aromatic heterocycles. The van der Waals surface area contributed by atoms with Crippen LogP contribution in [0.4, 0.5) is 5.69 Å². The Balaban J connectivity index is 2.81. The van der Waals surface area contributed by atoms with E-state index in [0.717, 1.165) is 18.5 Å². The van der Waals surface area contributed by atoms with Crippen molar-refractivity contribution < 1.29 is 0 Å². The summed E-state index contributed by atoms with van der Waals surface area (Å²) < 4.78 is 0. The van der Waals surface area contributed by atoms with Crippen molar-refractivity contribution in [2.24, 2.45) is 11.8 Å². The maximum Gasteiger partial charge on any atom is 0.0992 e. The first-order valence-electron chi connectivity index (χ1n) is 6.88. The first kappa shape index (κ1) is 15.9. The fraction of sp³-hybridized carbons (Fsp3) is 0.562. The molecule has 3 heteroatoms. The van der Waals surface area contributed by atoms with E-state index in [-0.39, 0.29) is 0 Å². The fourth-order valence-electron chi connectivity index (χ4n) is 2.27. The molecule has 0 aliphatic carbocycles. The number of halogens is 1. The molecule has 2 nitrogen and oxygen atoms in total. The molecule has 0 saturated carbocycles. The molecular formula is C16H23ClN2. The van der Waals surface area contributed by atoms with Gasteiger partial charge in [-0.15, -0.1) is 0 Å². The van der Waals surface area contributed by atoms with E-state index < -0.39 is 0 Å². The Morgan fingerprint density at radius 3 is 2.16 bits per heavy atom. The molecule has 0 unspecified atom stereocenters. The highest BCUT2D eigenvalue weighted by Crippen LogP contribution is 2.26. The molecule has 0 spiro atoms. The summed E-state index contributed by atoms with van der Waals surface area (Å²) in [5.74, 6) is 1.29. The quantitative estimate of drug-likeness (QED) is 0.787. The van der Waals surface area contributed by atoms with E-state index in [0.29, 0.717) is 28.5 Å². The third-order valence-corrected chi connectivity index (χ3v) is 3.28. The SMILES string of the molecule is CC(C)CC(CC(C)C)Nc1ccc(C#N)cc1Cl. The molecule has 104 valence electrons. The molecule has 0 heterocycles. The van der Waals surface area contributed by atoms with Crippen LogP contribution in [0.2, 0.25) is 5.02 Å². The van der Waals surface area contributed by atoms with Gasteiger partial charge in [0.2, 0.25) is 0 Å². The number of hydrogen-bond acceptors (Lipinski definition) is 2. The van der Waals surface area contributed by atoms with E-state index in [1.807, 2.05) is 6.07 Å². The molecule has 0 atom stereocenters. The number of nitriles is 1. The van der Waals surface area contributed by atoms with Crippen LogP contribution in [0, 0.1) is 23.2 Å². The third kappa shape index (κ3) is 5.53. The summed E-state index contributed by atoms with van der Waals surface area (Å²) >= 11 is 6.21. The van der Waals surface area contributed by atoms with Crippen LogP contribution in [0.5, 0.6) is 0 Å². The summed E-state index contributed by atoms with van der Waals surface area (Å²) in [5, 5.41) is 13.0. The zero-order chi connectivity index (χ0) is 14.4. The summed E-state index contributed by atoms with van der Waals surface area (Å²) in [6.45, 7) is 8.93. The van der Waals surface area contributed by atoms with Gasteiger partial charge in [0.1, 0.15) is 0 Å². The standard InChI is InChI=1S/C16H23ClN2/c1-11(2)7-14(8-12(3)4)19-16-6-5-13(10-18)9-15(16)17/h5-6,9,11-12,14,19H,7-8H2,1-4H3. The predicted molar refractivity (Wildman–Crippen MR) is 82.5 cm³/mol. The second-order valence-corrected chi connectivity index (χ2v) is 6.31. The molecule has 1 N–H and O–H groups in total. The molecular weight excluding hydrogens is 256 g/mol. The van der Waals surface area contributed by atoms with Crippen LogP contribution in [0.3, 0.4) is 0 Å². The number of anilines is 1. The van der Waals surface area contributed by atoms with Gasteiger partial charge in [-0.3, -0.25) is 0 Å².